The number of ether oxygens (including phenoxy) is 1. The first kappa shape index (κ1) is 16.8. The van der Waals surface area contributed by atoms with Crippen LogP contribution >= 0.6 is 11.8 Å². The average Bonchev–Trinajstić information content (AvgIpc) is 2.97. The molecule has 1 aliphatic heterocycles. The van der Waals surface area contributed by atoms with E-state index < -0.39 is 6.04 Å². The topological polar surface area (TPSA) is 58.6 Å². The number of benzene rings is 1. The number of amides is 2. The molecule has 2 rings (SSSR count). The second-order valence-electron chi connectivity index (χ2n) is 5.18. The van der Waals surface area contributed by atoms with Crippen LogP contribution in [0.2, 0.25) is 0 Å². The van der Waals surface area contributed by atoms with Crippen LogP contribution in [-0.2, 0) is 14.3 Å². The molecule has 1 atom stereocenters. The van der Waals surface area contributed by atoms with Gasteiger partial charge in [-0.1, -0.05) is 12.1 Å². The van der Waals surface area contributed by atoms with Crippen molar-refractivity contribution in [1.29, 1.82) is 0 Å². The smallest absolute Gasteiger partial charge is 0.248 e. The van der Waals surface area contributed by atoms with E-state index in [2.05, 4.69) is 5.32 Å². The first-order valence-electron chi connectivity index (χ1n) is 7.44. The van der Waals surface area contributed by atoms with Crippen molar-refractivity contribution in [2.24, 2.45) is 0 Å². The Balaban J connectivity index is 1.94. The number of aryl methyl sites for hydroxylation is 1. The third kappa shape index (κ3) is 4.48. The zero-order chi connectivity index (χ0) is 15.9. The zero-order valence-corrected chi connectivity index (χ0v) is 13.8. The Labute approximate surface area is 135 Å². The molecule has 0 radical (unpaired) electrons. The summed E-state index contributed by atoms with van der Waals surface area (Å²) in [5, 5.41) is 2.90. The minimum atomic E-state index is -0.403. The highest BCUT2D eigenvalue weighted by Gasteiger charge is 2.34. The molecule has 2 amide bonds. The van der Waals surface area contributed by atoms with E-state index >= 15 is 0 Å². The maximum Gasteiger partial charge on any atom is 0.248 e. The quantitative estimate of drug-likeness (QED) is 0.816. The first-order chi connectivity index (χ1) is 10.6. The van der Waals surface area contributed by atoms with E-state index in [0.717, 1.165) is 11.3 Å². The Morgan fingerprint density at radius 1 is 1.45 bits per heavy atom. The molecule has 0 saturated carbocycles. The number of carbonyl (C=O) groups excluding carboxylic acids is 2. The first-order valence-corrected chi connectivity index (χ1v) is 8.59. The van der Waals surface area contributed by atoms with Gasteiger partial charge in [0.05, 0.1) is 18.9 Å². The van der Waals surface area contributed by atoms with Crippen molar-refractivity contribution in [3.63, 3.8) is 0 Å². The van der Waals surface area contributed by atoms with Crippen LogP contribution in [-0.4, -0.2) is 47.6 Å². The fraction of sp³-hybridized carbons (Fsp3) is 0.500. The van der Waals surface area contributed by atoms with Gasteiger partial charge in [-0.2, -0.15) is 0 Å². The minimum Gasteiger partial charge on any atom is -0.381 e. The van der Waals surface area contributed by atoms with Crippen molar-refractivity contribution in [2.45, 2.75) is 26.3 Å². The van der Waals surface area contributed by atoms with E-state index in [0.29, 0.717) is 31.3 Å². The van der Waals surface area contributed by atoms with Crippen molar-refractivity contribution in [3.8, 4) is 0 Å². The predicted molar refractivity (Wildman–Crippen MR) is 88.9 cm³/mol. The van der Waals surface area contributed by atoms with Gasteiger partial charge in [0, 0.05) is 18.0 Å². The molecule has 0 unspecified atom stereocenters. The summed E-state index contributed by atoms with van der Waals surface area (Å²) >= 11 is 1.60. The highest BCUT2D eigenvalue weighted by atomic mass is 32.2. The van der Waals surface area contributed by atoms with Crippen molar-refractivity contribution in [3.05, 3.63) is 29.8 Å². The lowest BCUT2D eigenvalue weighted by atomic mass is 10.2. The third-order valence-corrected chi connectivity index (χ3v) is 4.47. The Morgan fingerprint density at radius 3 is 3.00 bits per heavy atom. The maximum absolute atomic E-state index is 12.4. The number of hydrogen-bond acceptors (Lipinski definition) is 4. The fourth-order valence-corrected chi connectivity index (χ4v) is 3.48. The highest BCUT2D eigenvalue weighted by molar-refractivity contribution is 7.99. The number of nitrogens with zero attached hydrogens (tertiary/aromatic N) is 1. The molecule has 1 N–H and O–H groups in total. The number of anilines is 1. The van der Waals surface area contributed by atoms with Gasteiger partial charge in [-0.3, -0.25) is 9.59 Å². The summed E-state index contributed by atoms with van der Waals surface area (Å²) in [7, 11) is 0. The average molecular weight is 322 g/mol. The maximum atomic E-state index is 12.4. The van der Waals surface area contributed by atoms with Crippen molar-refractivity contribution in [1.82, 2.24) is 4.90 Å². The SMILES string of the molecule is CCOCCC(=O)N1CSC[C@H]1C(=O)Nc1cccc(C)c1. The second-order valence-corrected chi connectivity index (χ2v) is 6.18. The van der Waals surface area contributed by atoms with Crippen LogP contribution in [0.25, 0.3) is 0 Å². The van der Waals surface area contributed by atoms with E-state index in [1.165, 1.54) is 0 Å². The Kier molecular flexibility index (Phi) is 6.27. The second kappa shape index (κ2) is 8.19. The molecule has 0 aromatic heterocycles. The van der Waals surface area contributed by atoms with E-state index in [1.807, 2.05) is 38.1 Å². The standard InChI is InChI=1S/C16H22N2O3S/c1-3-21-8-7-15(19)18-11-22-10-14(18)16(20)17-13-6-4-5-12(2)9-13/h4-6,9,14H,3,7-8,10-11H2,1-2H3,(H,17,20)/t14-/m0/s1. The van der Waals surface area contributed by atoms with Crippen molar-refractivity contribution in [2.75, 3.05) is 30.2 Å². The monoisotopic (exact) mass is 322 g/mol. The van der Waals surface area contributed by atoms with Gasteiger partial charge in [-0.05, 0) is 31.5 Å². The van der Waals surface area contributed by atoms with Crippen LogP contribution in [0.1, 0.15) is 18.9 Å². The normalized spacial score (nSPS) is 17.5. The highest BCUT2D eigenvalue weighted by Crippen LogP contribution is 2.23. The minimum absolute atomic E-state index is 0.0251. The molecule has 6 heteroatoms. The predicted octanol–water partition coefficient (Wildman–Crippen LogP) is 2.26. The molecule has 22 heavy (non-hydrogen) atoms. The third-order valence-electron chi connectivity index (χ3n) is 3.46. The summed E-state index contributed by atoms with van der Waals surface area (Å²) in [5.74, 6) is 1.05. The number of nitrogens with one attached hydrogen (secondary N) is 1. The number of carbonyl (C=O) groups is 2. The Bertz CT molecular complexity index is 536. The van der Waals surface area contributed by atoms with Crippen molar-refractivity contribution < 1.29 is 14.3 Å². The molecule has 1 heterocycles. The van der Waals surface area contributed by atoms with E-state index in [-0.39, 0.29) is 11.8 Å². The van der Waals surface area contributed by atoms with Gasteiger partial charge in [-0.15, -0.1) is 11.8 Å². The summed E-state index contributed by atoms with van der Waals surface area (Å²) in [4.78, 5) is 26.3. The molecule has 1 aromatic rings. The molecule has 1 aliphatic rings. The molecule has 120 valence electrons. The summed E-state index contributed by atoms with van der Waals surface area (Å²) < 4.78 is 5.21. The molecule has 0 bridgehead atoms. The van der Waals surface area contributed by atoms with Crippen LogP contribution in [0.3, 0.4) is 0 Å². The molecule has 0 spiro atoms. The van der Waals surface area contributed by atoms with Crippen LogP contribution in [0.5, 0.6) is 0 Å². The van der Waals surface area contributed by atoms with Gasteiger partial charge in [0.1, 0.15) is 6.04 Å². The molecule has 1 aromatic carbocycles. The summed E-state index contributed by atoms with van der Waals surface area (Å²) in [6.07, 6.45) is 0.322. The molecule has 1 fully saturated rings. The molecule has 0 aliphatic carbocycles. The number of hydrogen-bond donors (Lipinski definition) is 1. The summed E-state index contributed by atoms with van der Waals surface area (Å²) in [5.41, 5.74) is 1.85. The molecular formula is C16H22N2O3S. The van der Waals surface area contributed by atoms with Gasteiger partial charge in [0.25, 0.3) is 0 Å². The zero-order valence-electron chi connectivity index (χ0n) is 13.0. The molecule has 1 saturated heterocycles. The largest absolute Gasteiger partial charge is 0.381 e. The lowest BCUT2D eigenvalue weighted by Crippen LogP contribution is -2.44. The van der Waals surface area contributed by atoms with Crippen molar-refractivity contribution >= 4 is 29.3 Å². The van der Waals surface area contributed by atoms with Crippen LogP contribution < -0.4 is 5.32 Å². The van der Waals surface area contributed by atoms with Crippen LogP contribution in [0, 0.1) is 6.92 Å². The van der Waals surface area contributed by atoms with Gasteiger partial charge >= 0.3 is 0 Å². The summed E-state index contributed by atoms with van der Waals surface area (Å²) in [6, 6.07) is 7.25. The van der Waals surface area contributed by atoms with Gasteiger partial charge in [0.2, 0.25) is 11.8 Å². The van der Waals surface area contributed by atoms with Gasteiger partial charge in [0.15, 0.2) is 0 Å². The molecular weight excluding hydrogens is 300 g/mol. The number of thioether (sulfide) groups is 1. The lowest BCUT2D eigenvalue weighted by molar-refractivity contribution is -0.137. The van der Waals surface area contributed by atoms with E-state index in [9.17, 15) is 9.59 Å². The van der Waals surface area contributed by atoms with E-state index in [1.54, 1.807) is 16.7 Å². The Morgan fingerprint density at radius 2 is 2.27 bits per heavy atom. The number of rotatable bonds is 6. The van der Waals surface area contributed by atoms with Gasteiger partial charge in [-0.25, -0.2) is 0 Å². The molecule has 5 nitrogen and oxygen atoms in total. The van der Waals surface area contributed by atoms with Crippen LogP contribution in [0.15, 0.2) is 24.3 Å². The van der Waals surface area contributed by atoms with Gasteiger partial charge < -0.3 is 15.0 Å². The Hall–Kier alpha value is -1.53. The van der Waals surface area contributed by atoms with Crippen LogP contribution in [0.4, 0.5) is 5.69 Å². The van der Waals surface area contributed by atoms with E-state index in [4.69, 9.17) is 4.74 Å². The summed E-state index contributed by atoms with van der Waals surface area (Å²) in [6.45, 7) is 4.88. The lowest BCUT2D eigenvalue weighted by Gasteiger charge is -2.23. The fourth-order valence-electron chi connectivity index (χ4n) is 2.30.